The summed E-state index contributed by atoms with van der Waals surface area (Å²) in [4.78, 5) is 26.5. The SMILES string of the molecule is COC[C@H](C)N=C(N)SCc1nc2sc3c(c2c(=O)[nH]1)CCCC3. The predicted molar refractivity (Wildman–Crippen MR) is 101 cm³/mol. The Morgan fingerprint density at radius 3 is 3.08 bits per heavy atom. The molecule has 0 unspecified atom stereocenters. The molecule has 0 saturated carbocycles. The highest BCUT2D eigenvalue weighted by Crippen LogP contribution is 2.33. The molecule has 2 heterocycles. The predicted octanol–water partition coefficient (Wildman–Crippen LogP) is 2.45. The highest BCUT2D eigenvalue weighted by molar-refractivity contribution is 8.13. The molecule has 1 atom stereocenters. The van der Waals surface area contributed by atoms with Crippen LogP contribution in [0.3, 0.4) is 0 Å². The van der Waals surface area contributed by atoms with Gasteiger partial charge in [0.05, 0.1) is 23.8 Å². The van der Waals surface area contributed by atoms with Gasteiger partial charge in [0.25, 0.3) is 5.56 Å². The highest BCUT2D eigenvalue weighted by Gasteiger charge is 2.19. The van der Waals surface area contributed by atoms with E-state index in [2.05, 4.69) is 15.0 Å². The van der Waals surface area contributed by atoms with Gasteiger partial charge in [0, 0.05) is 12.0 Å². The molecule has 1 aliphatic rings. The Balaban J connectivity index is 1.78. The zero-order valence-corrected chi connectivity index (χ0v) is 15.6. The molecule has 130 valence electrons. The van der Waals surface area contributed by atoms with Crippen molar-refractivity contribution in [3.05, 3.63) is 26.6 Å². The summed E-state index contributed by atoms with van der Waals surface area (Å²) in [6.45, 7) is 2.47. The van der Waals surface area contributed by atoms with Gasteiger partial charge in [-0.1, -0.05) is 11.8 Å². The van der Waals surface area contributed by atoms with E-state index in [4.69, 9.17) is 10.5 Å². The number of thioether (sulfide) groups is 1. The number of aryl methyl sites for hydroxylation is 2. The molecule has 2 aromatic heterocycles. The Morgan fingerprint density at radius 1 is 1.50 bits per heavy atom. The van der Waals surface area contributed by atoms with Crippen molar-refractivity contribution in [2.24, 2.45) is 10.7 Å². The second kappa shape index (κ2) is 7.67. The van der Waals surface area contributed by atoms with E-state index in [-0.39, 0.29) is 11.6 Å². The lowest BCUT2D eigenvalue weighted by Crippen LogP contribution is -2.16. The van der Waals surface area contributed by atoms with Gasteiger partial charge in [-0.2, -0.15) is 0 Å². The van der Waals surface area contributed by atoms with Gasteiger partial charge in [0.2, 0.25) is 0 Å². The van der Waals surface area contributed by atoms with Gasteiger partial charge < -0.3 is 15.5 Å². The number of amidine groups is 1. The lowest BCUT2D eigenvalue weighted by Gasteiger charge is -2.09. The fraction of sp³-hybridized carbons (Fsp3) is 0.562. The monoisotopic (exact) mass is 366 g/mol. The van der Waals surface area contributed by atoms with Crippen LogP contribution in [-0.4, -0.2) is 34.9 Å². The molecule has 3 N–H and O–H groups in total. The quantitative estimate of drug-likeness (QED) is 0.626. The van der Waals surface area contributed by atoms with Crippen LogP contribution in [0, 0.1) is 0 Å². The Hall–Kier alpha value is -1.38. The van der Waals surface area contributed by atoms with E-state index < -0.39 is 0 Å². The van der Waals surface area contributed by atoms with Crippen LogP contribution in [-0.2, 0) is 23.3 Å². The van der Waals surface area contributed by atoms with Crippen LogP contribution in [0.2, 0.25) is 0 Å². The van der Waals surface area contributed by atoms with Crippen molar-refractivity contribution in [1.82, 2.24) is 9.97 Å². The van der Waals surface area contributed by atoms with Crippen molar-refractivity contribution in [3.8, 4) is 0 Å². The summed E-state index contributed by atoms with van der Waals surface area (Å²) in [5, 5.41) is 1.27. The second-order valence-electron chi connectivity index (χ2n) is 5.96. The van der Waals surface area contributed by atoms with E-state index in [1.807, 2.05) is 6.92 Å². The summed E-state index contributed by atoms with van der Waals surface area (Å²) >= 11 is 3.04. The molecular formula is C16H22N4O2S2. The number of aromatic nitrogens is 2. The number of hydrogen-bond acceptors (Lipinski definition) is 6. The average molecular weight is 367 g/mol. The molecule has 3 rings (SSSR count). The first-order chi connectivity index (χ1) is 11.6. The Kier molecular flexibility index (Phi) is 5.57. The molecule has 0 aromatic carbocycles. The van der Waals surface area contributed by atoms with Gasteiger partial charge in [0.15, 0.2) is 5.17 Å². The van der Waals surface area contributed by atoms with Crippen molar-refractivity contribution < 1.29 is 4.74 Å². The van der Waals surface area contributed by atoms with E-state index in [9.17, 15) is 4.79 Å². The fourth-order valence-electron chi connectivity index (χ4n) is 2.95. The lowest BCUT2D eigenvalue weighted by atomic mass is 9.97. The fourth-order valence-corrected chi connectivity index (χ4v) is 4.91. The number of hydrogen-bond donors (Lipinski definition) is 2. The minimum atomic E-state index is -0.0294. The van der Waals surface area contributed by atoms with Crippen LogP contribution in [0.5, 0.6) is 0 Å². The van der Waals surface area contributed by atoms with Gasteiger partial charge in [-0.3, -0.25) is 9.79 Å². The van der Waals surface area contributed by atoms with Crippen molar-refractivity contribution in [2.75, 3.05) is 13.7 Å². The number of nitrogens with one attached hydrogen (secondary N) is 1. The van der Waals surface area contributed by atoms with E-state index in [0.717, 1.165) is 29.5 Å². The van der Waals surface area contributed by atoms with Crippen LogP contribution in [0.4, 0.5) is 0 Å². The first kappa shape index (κ1) is 17.4. The summed E-state index contributed by atoms with van der Waals surface area (Å²) in [6, 6.07) is 0.0148. The second-order valence-corrected chi connectivity index (χ2v) is 8.04. The molecule has 8 heteroatoms. The summed E-state index contributed by atoms with van der Waals surface area (Å²) in [5.74, 6) is 1.15. The molecule has 0 radical (unpaired) electrons. The molecule has 24 heavy (non-hydrogen) atoms. The lowest BCUT2D eigenvalue weighted by molar-refractivity contribution is 0.186. The number of fused-ring (bicyclic) bond motifs is 3. The number of ether oxygens (including phenoxy) is 1. The molecule has 2 aromatic rings. The number of aromatic amines is 1. The maximum atomic E-state index is 12.5. The van der Waals surface area contributed by atoms with Crippen molar-refractivity contribution in [1.29, 1.82) is 0 Å². The standard InChI is InChI=1S/C16H22N4O2S2/c1-9(7-22-2)18-16(17)23-8-12-19-14(21)13-10-5-3-4-6-11(10)24-15(13)20-12/h9H,3-8H2,1-2H3,(H2,17,18)(H,19,20,21)/t9-/m0/s1. The van der Waals surface area contributed by atoms with Crippen LogP contribution >= 0.6 is 23.1 Å². The largest absolute Gasteiger partial charge is 0.382 e. The minimum absolute atomic E-state index is 0.0148. The van der Waals surface area contributed by atoms with Crippen LogP contribution < -0.4 is 11.3 Å². The van der Waals surface area contributed by atoms with E-state index in [1.165, 1.54) is 28.6 Å². The van der Waals surface area contributed by atoms with Gasteiger partial charge >= 0.3 is 0 Å². The third-order valence-electron chi connectivity index (χ3n) is 3.99. The first-order valence-electron chi connectivity index (χ1n) is 8.07. The van der Waals surface area contributed by atoms with Gasteiger partial charge in [0.1, 0.15) is 10.7 Å². The number of methoxy groups -OCH3 is 1. The Labute approximate surface area is 148 Å². The topological polar surface area (TPSA) is 93.4 Å². The molecule has 0 fully saturated rings. The zero-order chi connectivity index (χ0) is 17.1. The summed E-state index contributed by atoms with van der Waals surface area (Å²) in [5.41, 5.74) is 7.11. The van der Waals surface area contributed by atoms with Crippen LogP contribution in [0.15, 0.2) is 9.79 Å². The summed E-state index contributed by atoms with van der Waals surface area (Å²) in [6.07, 6.45) is 4.41. The van der Waals surface area contributed by atoms with Gasteiger partial charge in [-0.25, -0.2) is 4.98 Å². The molecule has 0 aliphatic heterocycles. The van der Waals surface area contributed by atoms with E-state index in [1.54, 1.807) is 18.4 Å². The number of aliphatic imine (C=N–C) groups is 1. The van der Waals surface area contributed by atoms with Crippen molar-refractivity contribution in [3.63, 3.8) is 0 Å². The molecular weight excluding hydrogens is 344 g/mol. The highest BCUT2D eigenvalue weighted by atomic mass is 32.2. The molecule has 0 bridgehead atoms. The maximum Gasteiger partial charge on any atom is 0.259 e. The third kappa shape index (κ3) is 3.81. The third-order valence-corrected chi connectivity index (χ3v) is 5.99. The smallest absolute Gasteiger partial charge is 0.259 e. The molecule has 0 spiro atoms. The number of H-pyrrole nitrogens is 1. The zero-order valence-electron chi connectivity index (χ0n) is 13.9. The van der Waals surface area contributed by atoms with E-state index >= 15 is 0 Å². The number of rotatable bonds is 5. The molecule has 0 saturated heterocycles. The molecule has 1 aliphatic carbocycles. The normalized spacial score (nSPS) is 16.3. The Bertz CT molecular complexity index is 812. The summed E-state index contributed by atoms with van der Waals surface area (Å²) in [7, 11) is 1.64. The summed E-state index contributed by atoms with van der Waals surface area (Å²) < 4.78 is 5.04. The van der Waals surface area contributed by atoms with Crippen molar-refractivity contribution >= 4 is 38.5 Å². The first-order valence-corrected chi connectivity index (χ1v) is 9.87. The van der Waals surface area contributed by atoms with Gasteiger partial charge in [-0.05, 0) is 38.2 Å². The van der Waals surface area contributed by atoms with Crippen molar-refractivity contribution in [2.45, 2.75) is 44.4 Å². The number of thiophene rings is 1. The van der Waals surface area contributed by atoms with Crippen LogP contribution in [0.25, 0.3) is 10.2 Å². The van der Waals surface area contributed by atoms with E-state index in [0.29, 0.717) is 23.4 Å². The maximum absolute atomic E-state index is 12.5. The molecule has 6 nitrogen and oxygen atoms in total. The van der Waals surface area contributed by atoms with Crippen LogP contribution in [0.1, 0.15) is 36.0 Å². The van der Waals surface area contributed by atoms with Gasteiger partial charge in [-0.15, -0.1) is 11.3 Å². The number of nitrogens with two attached hydrogens (primary N) is 1. The number of nitrogens with zero attached hydrogens (tertiary/aromatic N) is 2. The molecule has 0 amide bonds. The Morgan fingerprint density at radius 2 is 2.29 bits per heavy atom. The average Bonchev–Trinajstić information content (AvgIpc) is 2.92. The minimum Gasteiger partial charge on any atom is -0.382 e.